The molecule has 4 N–H and O–H groups in total. The lowest BCUT2D eigenvalue weighted by Gasteiger charge is -2.33. The second kappa shape index (κ2) is 4.87. The van der Waals surface area contributed by atoms with Gasteiger partial charge in [0.2, 0.25) is 5.95 Å². The van der Waals surface area contributed by atoms with Crippen molar-refractivity contribution < 1.29 is 9.90 Å². The van der Waals surface area contributed by atoms with Crippen molar-refractivity contribution in [1.82, 2.24) is 19.9 Å². The van der Waals surface area contributed by atoms with E-state index in [1.165, 1.54) is 0 Å². The van der Waals surface area contributed by atoms with Gasteiger partial charge in [0.05, 0.1) is 0 Å². The Bertz CT molecular complexity index is 640. The maximum atomic E-state index is 10.8. The summed E-state index contributed by atoms with van der Waals surface area (Å²) in [5, 5.41) is 15.5. The maximum absolute atomic E-state index is 10.8. The lowest BCUT2D eigenvalue weighted by atomic mass is 10.1. The van der Waals surface area contributed by atoms with Crippen LogP contribution in [0.4, 0.5) is 16.6 Å². The van der Waals surface area contributed by atoms with E-state index >= 15 is 0 Å². The van der Waals surface area contributed by atoms with Crippen LogP contribution < -0.4 is 16.0 Å². The van der Waals surface area contributed by atoms with Gasteiger partial charge in [-0.1, -0.05) is 6.07 Å². The number of fused-ring (bicyclic) bond motifs is 1. The number of rotatable bonds is 2. The Hall–Kier alpha value is -2.51. The van der Waals surface area contributed by atoms with Crippen LogP contribution in [0.15, 0.2) is 18.2 Å². The molecule has 2 aromatic heterocycles. The maximum Gasteiger partial charge on any atom is 0.404 e. The van der Waals surface area contributed by atoms with Gasteiger partial charge in [0.1, 0.15) is 5.82 Å². The molecular formula is C12H16N6O2. The molecule has 0 bridgehead atoms. The number of nitrogens with two attached hydrogens (primary N) is 1. The summed E-state index contributed by atoms with van der Waals surface area (Å²) >= 11 is 0. The van der Waals surface area contributed by atoms with E-state index in [2.05, 4.69) is 20.3 Å². The first kappa shape index (κ1) is 12.5. The summed E-state index contributed by atoms with van der Waals surface area (Å²) < 4.78 is 1.69. The highest BCUT2D eigenvalue weighted by molar-refractivity contribution is 5.65. The molecule has 0 radical (unpaired) electrons. The van der Waals surface area contributed by atoms with Crippen molar-refractivity contribution >= 4 is 23.5 Å². The van der Waals surface area contributed by atoms with Crippen LogP contribution in [-0.4, -0.2) is 44.9 Å². The molecule has 1 aliphatic rings. The Morgan fingerprint density at radius 2 is 2.35 bits per heavy atom. The van der Waals surface area contributed by atoms with E-state index in [4.69, 9.17) is 10.8 Å². The lowest BCUT2D eigenvalue weighted by Crippen LogP contribution is -2.47. The van der Waals surface area contributed by atoms with Gasteiger partial charge in [-0.3, -0.25) is 0 Å². The highest BCUT2D eigenvalue weighted by Gasteiger charge is 2.23. The predicted octanol–water partition coefficient (Wildman–Crippen LogP) is 0.548. The first-order valence-electron chi connectivity index (χ1n) is 6.49. The predicted molar refractivity (Wildman–Crippen MR) is 73.8 cm³/mol. The zero-order valence-electron chi connectivity index (χ0n) is 10.9. The molecule has 1 amide bonds. The van der Waals surface area contributed by atoms with Crippen LogP contribution in [0.1, 0.15) is 12.8 Å². The summed E-state index contributed by atoms with van der Waals surface area (Å²) in [5.74, 6) is 1.11. The summed E-state index contributed by atoms with van der Waals surface area (Å²) in [6.07, 6.45) is 0.782. The first-order valence-corrected chi connectivity index (χ1v) is 6.49. The van der Waals surface area contributed by atoms with Crippen molar-refractivity contribution in [2.45, 2.75) is 18.9 Å². The number of anilines is 2. The van der Waals surface area contributed by atoms with Crippen molar-refractivity contribution in [1.29, 1.82) is 0 Å². The smallest absolute Gasteiger partial charge is 0.404 e. The summed E-state index contributed by atoms with van der Waals surface area (Å²) in [4.78, 5) is 17.0. The second-order valence-electron chi connectivity index (χ2n) is 4.86. The van der Waals surface area contributed by atoms with E-state index < -0.39 is 6.09 Å². The summed E-state index contributed by atoms with van der Waals surface area (Å²) in [6, 6.07) is 5.60. The number of nitrogens with one attached hydrogen (secondary N) is 1. The SMILES string of the molecule is Nc1nc2cccc(N3CCC[C@@H](NC(=O)O)C3)n2n1. The molecule has 0 aliphatic carbocycles. The van der Waals surface area contributed by atoms with Crippen LogP contribution in [0, 0.1) is 0 Å². The topological polar surface area (TPSA) is 109 Å². The molecule has 3 rings (SSSR count). The van der Waals surface area contributed by atoms with Gasteiger partial charge in [0.25, 0.3) is 0 Å². The van der Waals surface area contributed by atoms with Crippen LogP contribution in [0.25, 0.3) is 5.65 Å². The highest BCUT2D eigenvalue weighted by atomic mass is 16.4. The average molecular weight is 276 g/mol. The van der Waals surface area contributed by atoms with Crippen molar-refractivity contribution in [3.8, 4) is 0 Å². The van der Waals surface area contributed by atoms with Gasteiger partial charge in [0, 0.05) is 19.1 Å². The molecule has 1 aliphatic heterocycles. The lowest BCUT2D eigenvalue weighted by molar-refractivity contribution is 0.188. The van der Waals surface area contributed by atoms with Crippen LogP contribution >= 0.6 is 0 Å². The Labute approximate surface area is 115 Å². The number of nitrogen functional groups attached to an aromatic ring is 1. The fraction of sp³-hybridized carbons (Fsp3) is 0.417. The number of hydrogen-bond acceptors (Lipinski definition) is 5. The zero-order chi connectivity index (χ0) is 14.1. The number of pyridine rings is 1. The number of carboxylic acid groups (broad SMARTS) is 1. The van der Waals surface area contributed by atoms with Crippen molar-refractivity contribution in [2.24, 2.45) is 0 Å². The van der Waals surface area contributed by atoms with Crippen molar-refractivity contribution in [2.75, 3.05) is 23.7 Å². The third kappa shape index (κ3) is 2.31. The number of carbonyl (C=O) groups is 1. The number of amides is 1. The van der Waals surface area contributed by atoms with Crippen LogP contribution in [0.2, 0.25) is 0 Å². The molecule has 8 nitrogen and oxygen atoms in total. The van der Waals surface area contributed by atoms with Crippen molar-refractivity contribution in [3.63, 3.8) is 0 Å². The van der Waals surface area contributed by atoms with Gasteiger partial charge in [-0.2, -0.15) is 9.50 Å². The molecule has 0 aromatic carbocycles. The molecule has 8 heteroatoms. The number of nitrogens with zero attached hydrogens (tertiary/aromatic N) is 4. The standard InChI is InChI=1S/C12H16N6O2/c13-11-15-9-4-1-5-10(18(9)16-11)17-6-2-3-8(7-17)14-12(19)20/h1,4-5,8,14H,2-3,6-7H2,(H2,13,16)(H,19,20)/t8-/m1/s1. The quantitative estimate of drug-likeness (QED) is 0.739. The van der Waals surface area contributed by atoms with Crippen molar-refractivity contribution in [3.05, 3.63) is 18.2 Å². The first-order chi connectivity index (χ1) is 9.63. The van der Waals surface area contributed by atoms with E-state index in [0.29, 0.717) is 12.2 Å². The number of piperidine rings is 1. The van der Waals surface area contributed by atoms with E-state index in [9.17, 15) is 4.79 Å². The van der Waals surface area contributed by atoms with Gasteiger partial charge in [-0.05, 0) is 25.0 Å². The molecule has 0 spiro atoms. The molecule has 106 valence electrons. The molecule has 1 atom stereocenters. The van der Waals surface area contributed by atoms with Gasteiger partial charge in [-0.25, -0.2) is 4.79 Å². The fourth-order valence-electron chi connectivity index (χ4n) is 2.63. The molecule has 2 aromatic rings. The third-order valence-electron chi connectivity index (χ3n) is 3.43. The van der Waals surface area contributed by atoms with Gasteiger partial charge in [0.15, 0.2) is 5.65 Å². The number of aromatic nitrogens is 3. The Morgan fingerprint density at radius 3 is 3.15 bits per heavy atom. The van der Waals surface area contributed by atoms with Crippen LogP contribution in [-0.2, 0) is 0 Å². The van der Waals surface area contributed by atoms with Gasteiger partial charge >= 0.3 is 6.09 Å². The highest BCUT2D eigenvalue weighted by Crippen LogP contribution is 2.21. The molecule has 1 saturated heterocycles. The zero-order valence-corrected chi connectivity index (χ0v) is 10.9. The Kier molecular flexibility index (Phi) is 3.05. The summed E-state index contributed by atoms with van der Waals surface area (Å²) in [5.41, 5.74) is 6.32. The normalized spacial score (nSPS) is 19.2. The molecule has 1 fully saturated rings. The minimum absolute atomic E-state index is 0.0719. The minimum atomic E-state index is -0.986. The van der Waals surface area contributed by atoms with E-state index in [0.717, 1.165) is 25.2 Å². The Balaban J connectivity index is 1.88. The third-order valence-corrected chi connectivity index (χ3v) is 3.43. The molecule has 3 heterocycles. The monoisotopic (exact) mass is 276 g/mol. The van der Waals surface area contributed by atoms with Crippen LogP contribution in [0.3, 0.4) is 0 Å². The van der Waals surface area contributed by atoms with E-state index in [1.54, 1.807) is 4.52 Å². The largest absolute Gasteiger partial charge is 0.465 e. The summed E-state index contributed by atoms with van der Waals surface area (Å²) in [6.45, 7) is 1.47. The fourth-order valence-corrected chi connectivity index (χ4v) is 2.63. The van der Waals surface area contributed by atoms with E-state index in [-0.39, 0.29) is 12.0 Å². The minimum Gasteiger partial charge on any atom is -0.465 e. The Morgan fingerprint density at radius 1 is 1.50 bits per heavy atom. The second-order valence-corrected chi connectivity index (χ2v) is 4.86. The van der Waals surface area contributed by atoms with Gasteiger partial charge < -0.3 is 21.1 Å². The average Bonchev–Trinajstić information content (AvgIpc) is 2.78. The van der Waals surface area contributed by atoms with Crippen LogP contribution in [0.5, 0.6) is 0 Å². The molecule has 0 saturated carbocycles. The molecule has 0 unspecified atom stereocenters. The van der Waals surface area contributed by atoms with E-state index in [1.807, 2.05) is 18.2 Å². The number of hydrogen-bond donors (Lipinski definition) is 3. The molecular weight excluding hydrogens is 260 g/mol. The molecule has 20 heavy (non-hydrogen) atoms. The van der Waals surface area contributed by atoms with Gasteiger partial charge in [-0.15, -0.1) is 5.10 Å². The summed E-state index contributed by atoms with van der Waals surface area (Å²) in [7, 11) is 0.